The number of hydrogen-bond donors (Lipinski definition) is 2. The zero-order valence-corrected chi connectivity index (χ0v) is 11.6. The molecule has 1 aromatic rings. The van der Waals surface area contributed by atoms with Crippen LogP contribution in [-0.2, 0) is 10.5 Å². The molecule has 5 heteroatoms. The molecule has 1 heterocycles. The Kier molecular flexibility index (Phi) is 7.32. The SMILES string of the molecule is CCCC(O)CNC(=O)CSCc1cccs1. The Morgan fingerprint density at radius 1 is 1.65 bits per heavy atom. The molecule has 17 heavy (non-hydrogen) atoms. The number of carbonyl (C=O) groups is 1. The fraction of sp³-hybridized carbons (Fsp3) is 0.583. The van der Waals surface area contributed by atoms with E-state index in [1.54, 1.807) is 23.1 Å². The maximum absolute atomic E-state index is 11.4. The first kappa shape index (κ1) is 14.5. The van der Waals surface area contributed by atoms with Crippen LogP contribution in [0.1, 0.15) is 24.6 Å². The minimum Gasteiger partial charge on any atom is -0.391 e. The summed E-state index contributed by atoms with van der Waals surface area (Å²) in [7, 11) is 0. The van der Waals surface area contributed by atoms with E-state index in [-0.39, 0.29) is 5.91 Å². The van der Waals surface area contributed by atoms with Crippen LogP contribution in [0, 0.1) is 0 Å². The maximum atomic E-state index is 11.4. The lowest BCUT2D eigenvalue weighted by molar-refractivity contribution is -0.119. The molecule has 0 aromatic carbocycles. The highest BCUT2D eigenvalue weighted by molar-refractivity contribution is 7.99. The lowest BCUT2D eigenvalue weighted by atomic mass is 10.2. The molecule has 0 spiro atoms. The minimum atomic E-state index is -0.411. The van der Waals surface area contributed by atoms with Crippen LogP contribution in [0.3, 0.4) is 0 Å². The molecule has 1 rings (SSSR count). The van der Waals surface area contributed by atoms with E-state index in [0.29, 0.717) is 12.3 Å². The van der Waals surface area contributed by atoms with Crippen molar-refractivity contribution >= 4 is 29.0 Å². The van der Waals surface area contributed by atoms with E-state index < -0.39 is 6.10 Å². The van der Waals surface area contributed by atoms with Gasteiger partial charge in [0.05, 0.1) is 11.9 Å². The summed E-state index contributed by atoms with van der Waals surface area (Å²) in [4.78, 5) is 12.7. The van der Waals surface area contributed by atoms with Crippen molar-refractivity contribution < 1.29 is 9.90 Å². The predicted octanol–water partition coefficient (Wildman–Crippen LogP) is 2.26. The van der Waals surface area contributed by atoms with Crippen molar-refractivity contribution in [1.82, 2.24) is 5.32 Å². The van der Waals surface area contributed by atoms with Crippen LogP contribution in [0.25, 0.3) is 0 Å². The number of aliphatic hydroxyl groups is 1. The second-order valence-corrected chi connectivity index (χ2v) is 5.84. The van der Waals surface area contributed by atoms with E-state index >= 15 is 0 Å². The quantitative estimate of drug-likeness (QED) is 0.764. The first-order valence-electron chi connectivity index (χ1n) is 5.77. The molecule has 0 saturated heterocycles. The Bertz CT molecular complexity index is 314. The highest BCUT2D eigenvalue weighted by Crippen LogP contribution is 2.16. The van der Waals surface area contributed by atoms with Gasteiger partial charge in [-0.15, -0.1) is 23.1 Å². The Labute approximate surface area is 111 Å². The molecule has 1 atom stereocenters. The van der Waals surface area contributed by atoms with E-state index in [9.17, 15) is 9.90 Å². The summed E-state index contributed by atoms with van der Waals surface area (Å²) in [5.74, 6) is 1.33. The molecule has 0 radical (unpaired) electrons. The lowest BCUT2D eigenvalue weighted by Gasteiger charge is -2.10. The summed E-state index contributed by atoms with van der Waals surface area (Å²) >= 11 is 3.31. The molecule has 0 bridgehead atoms. The molecule has 0 aliphatic heterocycles. The number of amides is 1. The summed E-state index contributed by atoms with van der Waals surface area (Å²) in [6, 6.07) is 4.09. The number of aliphatic hydroxyl groups excluding tert-OH is 1. The topological polar surface area (TPSA) is 49.3 Å². The first-order chi connectivity index (χ1) is 8.22. The van der Waals surface area contributed by atoms with E-state index in [1.165, 1.54) is 4.88 Å². The molecular formula is C12H19NO2S2. The van der Waals surface area contributed by atoms with Gasteiger partial charge in [-0.2, -0.15) is 0 Å². The molecule has 0 saturated carbocycles. The predicted molar refractivity (Wildman–Crippen MR) is 74.4 cm³/mol. The third-order valence-corrected chi connectivity index (χ3v) is 4.25. The van der Waals surface area contributed by atoms with E-state index in [0.717, 1.165) is 18.6 Å². The van der Waals surface area contributed by atoms with E-state index in [1.807, 2.05) is 18.4 Å². The van der Waals surface area contributed by atoms with Crippen molar-refractivity contribution in [3.05, 3.63) is 22.4 Å². The number of thioether (sulfide) groups is 1. The number of rotatable bonds is 8. The number of carbonyl (C=O) groups excluding carboxylic acids is 1. The summed E-state index contributed by atoms with van der Waals surface area (Å²) in [5, 5.41) is 14.2. The Balaban J connectivity index is 2.05. The Morgan fingerprint density at radius 3 is 3.12 bits per heavy atom. The van der Waals surface area contributed by atoms with Gasteiger partial charge in [0.2, 0.25) is 5.91 Å². The van der Waals surface area contributed by atoms with Crippen LogP contribution in [0.4, 0.5) is 0 Å². The monoisotopic (exact) mass is 273 g/mol. The molecule has 0 aliphatic rings. The molecule has 96 valence electrons. The van der Waals surface area contributed by atoms with Gasteiger partial charge in [-0.05, 0) is 17.9 Å². The number of hydrogen-bond acceptors (Lipinski definition) is 4. The van der Waals surface area contributed by atoms with Crippen LogP contribution in [-0.4, -0.2) is 29.4 Å². The van der Waals surface area contributed by atoms with Gasteiger partial charge < -0.3 is 10.4 Å². The van der Waals surface area contributed by atoms with Crippen molar-refractivity contribution in [2.45, 2.75) is 31.6 Å². The molecule has 1 amide bonds. The van der Waals surface area contributed by atoms with Crippen LogP contribution < -0.4 is 5.32 Å². The van der Waals surface area contributed by atoms with Gasteiger partial charge in [0.15, 0.2) is 0 Å². The van der Waals surface area contributed by atoms with Crippen molar-refractivity contribution in [2.24, 2.45) is 0 Å². The molecule has 0 fully saturated rings. The van der Waals surface area contributed by atoms with Crippen LogP contribution in [0.2, 0.25) is 0 Å². The fourth-order valence-electron chi connectivity index (χ4n) is 1.36. The van der Waals surface area contributed by atoms with Crippen molar-refractivity contribution in [2.75, 3.05) is 12.3 Å². The first-order valence-corrected chi connectivity index (χ1v) is 7.80. The van der Waals surface area contributed by atoms with Crippen molar-refractivity contribution in [3.8, 4) is 0 Å². The van der Waals surface area contributed by atoms with Gasteiger partial charge in [0.25, 0.3) is 0 Å². The molecule has 1 unspecified atom stereocenters. The summed E-state index contributed by atoms with van der Waals surface area (Å²) < 4.78 is 0. The summed E-state index contributed by atoms with van der Waals surface area (Å²) in [6.07, 6.45) is 1.26. The van der Waals surface area contributed by atoms with Crippen LogP contribution in [0.5, 0.6) is 0 Å². The molecule has 1 aromatic heterocycles. The summed E-state index contributed by atoms with van der Waals surface area (Å²) in [6.45, 7) is 2.38. The number of thiophene rings is 1. The zero-order valence-electron chi connectivity index (χ0n) is 10.0. The Hall–Kier alpha value is -0.520. The lowest BCUT2D eigenvalue weighted by Crippen LogP contribution is -2.33. The summed E-state index contributed by atoms with van der Waals surface area (Å²) in [5.41, 5.74) is 0. The molecular weight excluding hydrogens is 254 g/mol. The van der Waals surface area contributed by atoms with Gasteiger partial charge in [-0.3, -0.25) is 4.79 Å². The normalized spacial score (nSPS) is 12.4. The van der Waals surface area contributed by atoms with E-state index in [4.69, 9.17) is 0 Å². The maximum Gasteiger partial charge on any atom is 0.230 e. The second kappa shape index (κ2) is 8.55. The average molecular weight is 273 g/mol. The average Bonchev–Trinajstić information content (AvgIpc) is 2.80. The van der Waals surface area contributed by atoms with Crippen molar-refractivity contribution in [1.29, 1.82) is 0 Å². The Morgan fingerprint density at radius 2 is 2.47 bits per heavy atom. The number of nitrogens with one attached hydrogen (secondary N) is 1. The molecule has 3 nitrogen and oxygen atoms in total. The third-order valence-electron chi connectivity index (χ3n) is 2.21. The fourth-order valence-corrected chi connectivity index (χ4v) is 3.06. The highest BCUT2D eigenvalue weighted by Gasteiger charge is 2.06. The smallest absolute Gasteiger partial charge is 0.230 e. The van der Waals surface area contributed by atoms with Gasteiger partial charge in [0, 0.05) is 17.2 Å². The third kappa shape index (κ3) is 6.71. The standard InChI is InChI=1S/C12H19NO2S2/c1-2-4-10(14)7-13-12(15)9-16-8-11-5-3-6-17-11/h3,5-6,10,14H,2,4,7-9H2,1H3,(H,13,15). The molecule has 0 aliphatic carbocycles. The van der Waals surface area contributed by atoms with Gasteiger partial charge >= 0.3 is 0 Å². The second-order valence-electron chi connectivity index (χ2n) is 3.82. The van der Waals surface area contributed by atoms with Crippen LogP contribution >= 0.6 is 23.1 Å². The van der Waals surface area contributed by atoms with Gasteiger partial charge in [0.1, 0.15) is 0 Å². The highest BCUT2D eigenvalue weighted by atomic mass is 32.2. The van der Waals surface area contributed by atoms with Crippen molar-refractivity contribution in [3.63, 3.8) is 0 Å². The largest absolute Gasteiger partial charge is 0.391 e. The van der Waals surface area contributed by atoms with Crippen LogP contribution in [0.15, 0.2) is 17.5 Å². The van der Waals surface area contributed by atoms with Gasteiger partial charge in [-0.25, -0.2) is 0 Å². The minimum absolute atomic E-state index is 0.00158. The zero-order chi connectivity index (χ0) is 12.5. The van der Waals surface area contributed by atoms with E-state index in [2.05, 4.69) is 11.4 Å². The van der Waals surface area contributed by atoms with Gasteiger partial charge in [-0.1, -0.05) is 19.4 Å². The molecule has 2 N–H and O–H groups in total.